The minimum Gasteiger partial charge on any atom is -0.349 e. The fourth-order valence-corrected chi connectivity index (χ4v) is 2.70. The highest BCUT2D eigenvalue weighted by molar-refractivity contribution is 7.80. The first-order valence-corrected chi connectivity index (χ1v) is 7.99. The van der Waals surface area contributed by atoms with Crippen LogP contribution in [0.2, 0.25) is 0 Å². The Bertz CT molecular complexity index is 623. The lowest BCUT2D eigenvalue weighted by molar-refractivity contribution is -0.384. The summed E-state index contributed by atoms with van der Waals surface area (Å²) in [6.45, 7) is 1.74. The number of carbonyl (C=O) groups is 1. The summed E-state index contributed by atoms with van der Waals surface area (Å²) in [6.07, 6.45) is 7.43. The number of amides is 1. The SMILES string of the molecule is O=C(/C=C/c1cccc([N+](=O)[O-])c1)NC(=S)N1CCCCCC1. The lowest BCUT2D eigenvalue weighted by atomic mass is 10.2. The van der Waals surface area contributed by atoms with E-state index in [1.807, 2.05) is 4.90 Å². The van der Waals surface area contributed by atoms with Gasteiger partial charge in [0.15, 0.2) is 5.11 Å². The largest absolute Gasteiger partial charge is 0.349 e. The number of hydrogen-bond acceptors (Lipinski definition) is 4. The number of likely N-dealkylation sites (tertiary alicyclic amines) is 1. The first-order valence-electron chi connectivity index (χ1n) is 7.59. The molecule has 0 atom stereocenters. The van der Waals surface area contributed by atoms with Crippen molar-refractivity contribution in [3.8, 4) is 0 Å². The monoisotopic (exact) mass is 333 g/mol. The van der Waals surface area contributed by atoms with Gasteiger partial charge in [-0.3, -0.25) is 20.2 Å². The molecule has 2 rings (SSSR count). The maximum absolute atomic E-state index is 11.9. The average Bonchev–Trinajstić information content (AvgIpc) is 2.82. The molecule has 0 aliphatic carbocycles. The quantitative estimate of drug-likeness (QED) is 0.398. The Morgan fingerprint density at radius 3 is 2.61 bits per heavy atom. The Morgan fingerprint density at radius 2 is 1.96 bits per heavy atom. The zero-order valence-electron chi connectivity index (χ0n) is 12.7. The second-order valence-electron chi connectivity index (χ2n) is 5.38. The summed E-state index contributed by atoms with van der Waals surface area (Å²) < 4.78 is 0. The molecule has 0 spiro atoms. The van der Waals surface area contributed by atoms with E-state index in [2.05, 4.69) is 5.32 Å². The number of nitro groups is 1. The summed E-state index contributed by atoms with van der Waals surface area (Å²) in [4.78, 5) is 24.2. The van der Waals surface area contributed by atoms with Gasteiger partial charge < -0.3 is 4.90 Å². The zero-order chi connectivity index (χ0) is 16.7. The van der Waals surface area contributed by atoms with Crippen molar-refractivity contribution in [1.29, 1.82) is 0 Å². The Labute approximate surface area is 140 Å². The molecule has 6 nitrogen and oxygen atoms in total. The number of thiocarbonyl (C=S) groups is 1. The summed E-state index contributed by atoms with van der Waals surface area (Å²) in [5.74, 6) is -0.328. The van der Waals surface area contributed by atoms with Crippen LogP contribution in [0.4, 0.5) is 5.69 Å². The van der Waals surface area contributed by atoms with Crippen LogP contribution in [0.1, 0.15) is 31.2 Å². The van der Waals surface area contributed by atoms with Crippen LogP contribution in [0, 0.1) is 10.1 Å². The second-order valence-corrected chi connectivity index (χ2v) is 5.77. The van der Waals surface area contributed by atoms with Crippen LogP contribution in [0.15, 0.2) is 30.3 Å². The number of nitrogens with one attached hydrogen (secondary N) is 1. The Hall–Kier alpha value is -2.28. The summed E-state index contributed by atoms with van der Waals surface area (Å²) in [5, 5.41) is 13.8. The highest BCUT2D eigenvalue weighted by Crippen LogP contribution is 2.14. The molecule has 0 unspecified atom stereocenters. The Kier molecular flexibility index (Phi) is 6.22. The van der Waals surface area contributed by atoms with Gasteiger partial charge in [-0.1, -0.05) is 25.0 Å². The van der Waals surface area contributed by atoms with Gasteiger partial charge in [-0.15, -0.1) is 0 Å². The van der Waals surface area contributed by atoms with Gasteiger partial charge in [0.25, 0.3) is 5.69 Å². The van der Waals surface area contributed by atoms with Crippen LogP contribution >= 0.6 is 12.2 Å². The first kappa shape index (κ1) is 17.1. The summed E-state index contributed by atoms with van der Waals surface area (Å²) in [7, 11) is 0. The van der Waals surface area contributed by atoms with E-state index < -0.39 is 4.92 Å². The molecule has 1 aromatic rings. The van der Waals surface area contributed by atoms with Gasteiger partial charge in [-0.2, -0.15) is 0 Å². The molecule has 0 radical (unpaired) electrons. The molecule has 0 bridgehead atoms. The highest BCUT2D eigenvalue weighted by Gasteiger charge is 2.13. The molecule has 1 fully saturated rings. The second kappa shape index (κ2) is 8.38. The van der Waals surface area contributed by atoms with Crippen molar-refractivity contribution in [2.24, 2.45) is 0 Å². The number of non-ortho nitro benzene ring substituents is 1. The topological polar surface area (TPSA) is 75.5 Å². The average molecular weight is 333 g/mol. The zero-order valence-corrected chi connectivity index (χ0v) is 13.6. The van der Waals surface area contributed by atoms with E-state index in [0.29, 0.717) is 10.7 Å². The van der Waals surface area contributed by atoms with Crippen LogP contribution in [0.5, 0.6) is 0 Å². The van der Waals surface area contributed by atoms with Crippen LogP contribution in [-0.4, -0.2) is 33.9 Å². The van der Waals surface area contributed by atoms with Crippen molar-refractivity contribution in [3.63, 3.8) is 0 Å². The first-order chi connectivity index (χ1) is 11.1. The van der Waals surface area contributed by atoms with Crippen LogP contribution in [0.3, 0.4) is 0 Å². The van der Waals surface area contributed by atoms with E-state index in [-0.39, 0.29) is 11.6 Å². The number of benzene rings is 1. The van der Waals surface area contributed by atoms with Crippen LogP contribution < -0.4 is 5.32 Å². The van der Waals surface area contributed by atoms with Gasteiger partial charge in [0, 0.05) is 31.3 Å². The number of nitrogens with zero attached hydrogens (tertiary/aromatic N) is 2. The van der Waals surface area contributed by atoms with E-state index in [9.17, 15) is 14.9 Å². The molecule has 1 saturated heterocycles. The predicted molar refractivity (Wildman–Crippen MR) is 92.9 cm³/mol. The van der Waals surface area contributed by atoms with Crippen LogP contribution in [0.25, 0.3) is 6.08 Å². The lowest BCUT2D eigenvalue weighted by Crippen LogP contribution is -2.42. The molecule has 7 heteroatoms. The molecule has 0 aromatic heterocycles. The van der Waals surface area contributed by atoms with Crippen molar-refractivity contribution in [2.75, 3.05) is 13.1 Å². The fraction of sp³-hybridized carbons (Fsp3) is 0.375. The smallest absolute Gasteiger partial charge is 0.270 e. The van der Waals surface area contributed by atoms with Gasteiger partial charge in [-0.25, -0.2) is 0 Å². The fourth-order valence-electron chi connectivity index (χ4n) is 2.41. The van der Waals surface area contributed by atoms with E-state index >= 15 is 0 Å². The van der Waals surface area contributed by atoms with Crippen molar-refractivity contribution < 1.29 is 9.72 Å². The molecule has 1 amide bonds. The Morgan fingerprint density at radius 1 is 1.26 bits per heavy atom. The molecule has 1 aromatic carbocycles. The number of nitro benzene ring substituents is 1. The molecule has 1 aliphatic rings. The van der Waals surface area contributed by atoms with Gasteiger partial charge >= 0.3 is 0 Å². The van der Waals surface area contributed by atoms with Crippen molar-refractivity contribution in [1.82, 2.24) is 10.2 Å². The third-order valence-corrected chi connectivity index (χ3v) is 3.99. The molecule has 122 valence electrons. The molecule has 1 aliphatic heterocycles. The maximum atomic E-state index is 11.9. The number of hydrogen-bond donors (Lipinski definition) is 1. The van der Waals surface area contributed by atoms with Crippen molar-refractivity contribution in [3.05, 3.63) is 46.0 Å². The highest BCUT2D eigenvalue weighted by atomic mass is 32.1. The van der Waals surface area contributed by atoms with Gasteiger partial charge in [0.05, 0.1) is 4.92 Å². The number of rotatable bonds is 3. The molecular formula is C16H19N3O3S. The minimum atomic E-state index is -0.466. The minimum absolute atomic E-state index is 0.00681. The van der Waals surface area contributed by atoms with E-state index in [0.717, 1.165) is 25.9 Å². The maximum Gasteiger partial charge on any atom is 0.270 e. The van der Waals surface area contributed by atoms with Crippen LogP contribution in [-0.2, 0) is 4.79 Å². The lowest BCUT2D eigenvalue weighted by Gasteiger charge is -2.22. The number of carbonyl (C=O) groups excluding carboxylic acids is 1. The van der Waals surface area contributed by atoms with Crippen molar-refractivity contribution >= 4 is 35.0 Å². The van der Waals surface area contributed by atoms with Gasteiger partial charge in [0.2, 0.25) is 5.91 Å². The molecule has 23 heavy (non-hydrogen) atoms. The third kappa shape index (κ3) is 5.45. The van der Waals surface area contributed by atoms with E-state index in [1.165, 1.54) is 37.1 Å². The summed E-state index contributed by atoms with van der Waals surface area (Å²) in [5.41, 5.74) is 0.586. The standard InChI is InChI=1S/C16H19N3O3S/c20-15(17-16(23)18-10-3-1-2-4-11-18)9-8-13-6-5-7-14(12-13)19(21)22/h5-9,12H,1-4,10-11H2,(H,17,20,23)/b9-8+. The molecule has 1 heterocycles. The van der Waals surface area contributed by atoms with Crippen molar-refractivity contribution in [2.45, 2.75) is 25.7 Å². The molecule has 0 saturated carbocycles. The predicted octanol–water partition coefficient (Wildman–Crippen LogP) is 2.89. The third-order valence-electron chi connectivity index (χ3n) is 3.63. The Balaban J connectivity index is 1.92. The molecular weight excluding hydrogens is 314 g/mol. The normalized spacial score (nSPS) is 15.2. The molecule has 1 N–H and O–H groups in total. The van der Waals surface area contributed by atoms with E-state index in [4.69, 9.17) is 12.2 Å². The van der Waals surface area contributed by atoms with Gasteiger partial charge in [-0.05, 0) is 36.7 Å². The van der Waals surface area contributed by atoms with Gasteiger partial charge in [0.1, 0.15) is 0 Å². The van der Waals surface area contributed by atoms with E-state index in [1.54, 1.807) is 12.1 Å². The summed E-state index contributed by atoms with van der Waals surface area (Å²) in [6, 6.07) is 6.10. The summed E-state index contributed by atoms with van der Waals surface area (Å²) >= 11 is 5.27.